The van der Waals surface area contributed by atoms with Crippen LogP contribution in [0.15, 0.2) is 0 Å². The molecule has 0 rings (SSSR count). The predicted octanol–water partition coefficient (Wildman–Crippen LogP) is -11.0. The average molecular weight is 1130 g/mol. The highest BCUT2D eigenvalue weighted by atomic mass is 30.3. The van der Waals surface area contributed by atoms with Crippen LogP contribution in [0.3, 0.4) is 0 Å². The predicted molar refractivity (Wildman–Crippen MR) is 265 cm³/mol. The summed E-state index contributed by atoms with van der Waals surface area (Å²) in [5, 5.41) is 0. The normalized spacial score (nSPS) is 23.5. The van der Waals surface area contributed by atoms with Crippen LogP contribution in [-0.4, -0.2) is 229 Å². The lowest BCUT2D eigenvalue weighted by Crippen LogP contribution is -3.06. The van der Waals surface area contributed by atoms with E-state index in [1.165, 1.54) is 13.7 Å². The van der Waals surface area contributed by atoms with E-state index in [1.807, 2.05) is 45.8 Å². The van der Waals surface area contributed by atoms with Crippen molar-refractivity contribution in [3.63, 3.8) is 0 Å². The van der Waals surface area contributed by atoms with Gasteiger partial charge in [-0.3, -0.25) is 0 Å². The van der Waals surface area contributed by atoms with Crippen LogP contribution in [0.4, 0.5) is 0 Å². The second-order valence-corrected chi connectivity index (χ2v) is 130. The Morgan fingerprint density at radius 2 is 1.15 bits per heavy atom. The molecule has 0 aliphatic rings. The number of hydrogen-bond donors (Lipinski definition) is 9. The third-order valence-corrected chi connectivity index (χ3v) is 206. The zero-order chi connectivity index (χ0) is 44.2. The van der Waals surface area contributed by atoms with Crippen LogP contribution in [0.2, 0.25) is 84.5 Å². The smallest absolute Gasteiger partial charge is 0.338 e. The molecule has 0 aromatic rings. The molecule has 7 atom stereocenters. The molecule has 0 heterocycles. The molecule has 0 aliphatic heterocycles. The fourth-order valence-corrected chi connectivity index (χ4v) is 352. The first-order chi connectivity index (χ1) is 24.9. The van der Waals surface area contributed by atoms with E-state index in [-0.39, 0.29) is 15.7 Å². The summed E-state index contributed by atoms with van der Waals surface area (Å²) >= 11 is 0. The van der Waals surface area contributed by atoms with E-state index in [9.17, 15) is 43.2 Å². The molecule has 0 aliphatic carbocycles. The Balaban J connectivity index is 0. The molecule has 2 radical (unpaired) electrons. The molecular weight excluding hydrogens is 1060 g/mol. The third kappa shape index (κ3) is 14.4. The molecule has 0 spiro atoms. The zero-order valence-corrected chi connectivity index (χ0v) is 59.1. The first kappa shape index (κ1) is 60.4. The molecule has 0 saturated carbocycles. The van der Waals surface area contributed by atoms with Crippen molar-refractivity contribution in [1.82, 2.24) is 0 Å². The molecule has 55 heavy (non-hydrogen) atoms. The Morgan fingerprint density at radius 1 is 0.673 bits per heavy atom. The van der Waals surface area contributed by atoms with Gasteiger partial charge in [-0.05, 0) is 78.6 Å². The van der Waals surface area contributed by atoms with E-state index in [0.29, 0.717) is 0 Å². The quantitative estimate of drug-likeness (QED) is 0.0329. The number of hydrogen-bond acceptors (Lipinski definition) is 20. The molecule has 20 nitrogen and oxygen atoms in total. The van der Waals surface area contributed by atoms with E-state index in [1.54, 1.807) is 26.2 Å². The van der Waals surface area contributed by atoms with Crippen molar-refractivity contribution in [2.75, 3.05) is 7.11 Å². The maximum absolute atomic E-state index is 13.1. The topological polar surface area (TPSA) is 299 Å². The Labute approximate surface area is 358 Å². The van der Waals surface area contributed by atoms with Crippen LogP contribution >= 0.6 is 0 Å². The van der Waals surface area contributed by atoms with Crippen LogP contribution in [-0.2, 0) is 37.3 Å². The van der Waals surface area contributed by atoms with Gasteiger partial charge in [0.1, 0.15) is 0 Å². The minimum absolute atomic E-state index is 0.188. The Kier molecular flexibility index (Phi) is 26.8. The van der Waals surface area contributed by atoms with Crippen molar-refractivity contribution in [1.29, 1.82) is 0 Å². The van der Waals surface area contributed by atoms with Crippen LogP contribution in [0.25, 0.3) is 0 Å². The fourth-order valence-electron chi connectivity index (χ4n) is 6.70. The van der Waals surface area contributed by atoms with Crippen molar-refractivity contribution in [3.05, 3.63) is 9.93 Å². The van der Waals surface area contributed by atoms with E-state index < -0.39 is 161 Å². The second kappa shape index (κ2) is 24.4. The average Bonchev–Trinajstić information content (AvgIpc) is 3.06. The van der Waals surface area contributed by atoms with Gasteiger partial charge in [0.15, 0.2) is 59.7 Å². The highest BCUT2D eigenvalue weighted by Gasteiger charge is 2.91. The van der Waals surface area contributed by atoms with E-state index in [4.69, 9.17) is 55.1 Å². The minimum Gasteiger partial charge on any atom is -0.440 e. The highest BCUT2D eigenvalue weighted by molar-refractivity contribution is 8.13. The lowest BCUT2D eigenvalue weighted by molar-refractivity contribution is 0.306. The molecule has 41 heteroatoms. The summed E-state index contributed by atoms with van der Waals surface area (Å²) in [5.74, 6) is -0.309. The molecule has 328 valence electrons. The molecule has 0 aromatic carbocycles. The van der Waals surface area contributed by atoms with Crippen molar-refractivity contribution >= 4 is 179 Å². The largest absolute Gasteiger partial charge is 0.440 e. The maximum Gasteiger partial charge on any atom is 0.338 e. The Hall–Kier alpha value is 3.28. The van der Waals surface area contributed by atoms with E-state index in [0.717, 1.165) is 0 Å². The van der Waals surface area contributed by atoms with E-state index in [2.05, 4.69) is 0 Å². The summed E-state index contributed by atoms with van der Waals surface area (Å²) in [7, 11) is -41.3. The lowest BCUT2D eigenvalue weighted by Gasteiger charge is -2.66. The summed E-state index contributed by atoms with van der Waals surface area (Å²) in [6.07, 6.45) is 0. The molecular formula is C14H69BO20Si20. The van der Waals surface area contributed by atoms with Gasteiger partial charge in [0.2, 0.25) is 25.4 Å². The van der Waals surface area contributed by atoms with Gasteiger partial charge in [-0.2, -0.15) is 0 Å². The summed E-state index contributed by atoms with van der Waals surface area (Å²) in [6, 6.07) is 0. The third-order valence-electron chi connectivity index (χ3n) is 8.65. The van der Waals surface area contributed by atoms with Gasteiger partial charge in [0, 0.05) is 26.8 Å². The minimum atomic E-state index is -5.11. The Morgan fingerprint density at radius 3 is 1.45 bits per heavy atom. The van der Waals surface area contributed by atoms with Crippen LogP contribution in [0.1, 0.15) is 0 Å². The van der Waals surface area contributed by atoms with Gasteiger partial charge in [-0.15, -0.1) is 0 Å². The standard InChI is InChI=1S/C14H69BO18Si20.O2/c1-25-48(13,34)53(28-42(2)23,52(41-22,47(12,24)14-15)30-43(3)29-44(4,5)6)50(51(39-20,40-21)27-36-17,32-46(10,11)31-45(7,8)9)33-49(37-18,38-19)26-35-16;1-2/h16-24,42-43H,14,35-41H2,1-13,34H3;. The van der Waals surface area contributed by atoms with Crippen LogP contribution in [0, 0.1) is 9.93 Å². The number of rotatable bonds is 28. The first-order valence-electron chi connectivity index (χ1n) is 17.4. The summed E-state index contributed by atoms with van der Waals surface area (Å²) in [6.45, 7) is 8.37. The monoisotopic (exact) mass is 1130 g/mol. The van der Waals surface area contributed by atoms with Gasteiger partial charge in [-0.1, -0.05) is 5.94 Å². The molecule has 0 saturated heterocycles. The molecule has 0 amide bonds. The van der Waals surface area contributed by atoms with Crippen molar-refractivity contribution < 1.29 is 80.5 Å². The van der Waals surface area contributed by atoms with Crippen LogP contribution in [0.5, 0.6) is 0 Å². The molecule has 0 fully saturated rings. The summed E-state index contributed by atoms with van der Waals surface area (Å²) in [4.78, 5) is 119. The highest BCUT2D eigenvalue weighted by Crippen LogP contribution is 2.48. The molecule has 9 N–H and O–H groups in total. The molecule has 0 bridgehead atoms. The van der Waals surface area contributed by atoms with Crippen molar-refractivity contribution in [3.8, 4) is 0 Å². The van der Waals surface area contributed by atoms with E-state index >= 15 is 0 Å². The van der Waals surface area contributed by atoms with Gasteiger partial charge in [-0.25, -0.2) is 0 Å². The fraction of sp³-hybridized carbons (Fsp3) is 1.00. The first-order valence-corrected chi connectivity index (χ1v) is 71.5. The lowest BCUT2D eigenvalue weighted by atomic mass is 10.2. The van der Waals surface area contributed by atoms with Gasteiger partial charge >= 0.3 is 33.0 Å². The second-order valence-electron chi connectivity index (χ2n) is 16.0. The van der Waals surface area contributed by atoms with Crippen molar-refractivity contribution in [2.45, 2.75) is 84.5 Å². The molecule has 0 aromatic heterocycles. The van der Waals surface area contributed by atoms with Crippen LogP contribution < -0.4 is 0 Å². The Bertz CT molecular complexity index is 1120. The summed E-state index contributed by atoms with van der Waals surface area (Å²) in [5.41, 5.74) is 0. The van der Waals surface area contributed by atoms with Gasteiger partial charge in [0.25, 0.3) is 43.0 Å². The van der Waals surface area contributed by atoms with Gasteiger partial charge in [0.05, 0.1) is 7.85 Å². The molecule has 7 unspecified atom stereocenters. The van der Waals surface area contributed by atoms with Crippen molar-refractivity contribution in [2.24, 2.45) is 0 Å². The summed E-state index contributed by atoms with van der Waals surface area (Å²) < 4.78 is 62.1. The SMILES string of the molecule is O=O.[B]C[Si](C)(O)[Si](O[SiH](C)O[Si](C)(C)C)([SiH2]O)[Si](O[SiH](C)O)([Si](C)([SiH3])OC)[Si](O[Si](C)(C)O[Si](C)(C)C)(O[Si](O[SiH2]O)([SiH2]O)[SiH2]O)[Si](O[SiH2]O)([SiH2]O)[SiH2]O. The maximum atomic E-state index is 13.1. The zero-order valence-electron chi connectivity index (χ0n) is 34.9. The van der Waals surface area contributed by atoms with Gasteiger partial charge < -0.3 is 80.5 Å².